The number of ether oxygens (including phenoxy) is 1. The molecule has 0 spiro atoms. The van der Waals surface area contributed by atoms with E-state index in [0.29, 0.717) is 0 Å². The molecule has 0 fully saturated rings. The van der Waals surface area contributed by atoms with Crippen LogP contribution in [0.5, 0.6) is 5.75 Å². The summed E-state index contributed by atoms with van der Waals surface area (Å²) in [6.45, 7) is 4.07. The van der Waals surface area contributed by atoms with Crippen molar-refractivity contribution in [3.05, 3.63) is 50.1 Å². The van der Waals surface area contributed by atoms with Gasteiger partial charge in [-0.3, -0.25) is 0 Å². The van der Waals surface area contributed by atoms with Gasteiger partial charge in [0.2, 0.25) is 0 Å². The third-order valence-corrected chi connectivity index (χ3v) is 5.31. The van der Waals surface area contributed by atoms with Gasteiger partial charge >= 0.3 is 0 Å². The van der Waals surface area contributed by atoms with Crippen LogP contribution in [0.1, 0.15) is 42.5 Å². The lowest BCUT2D eigenvalue weighted by Gasteiger charge is -2.22. The SMILES string of the molecule is CCCNC(c1csc(Br)c1)c1ccc2c(c1)CCCO2. The van der Waals surface area contributed by atoms with E-state index < -0.39 is 0 Å². The van der Waals surface area contributed by atoms with Gasteiger partial charge in [0.05, 0.1) is 16.4 Å². The van der Waals surface area contributed by atoms with Crippen LogP contribution >= 0.6 is 27.3 Å². The first-order chi connectivity index (χ1) is 10.3. The zero-order valence-electron chi connectivity index (χ0n) is 12.2. The summed E-state index contributed by atoms with van der Waals surface area (Å²) < 4.78 is 6.91. The van der Waals surface area contributed by atoms with Gasteiger partial charge in [0.1, 0.15) is 5.75 Å². The summed E-state index contributed by atoms with van der Waals surface area (Å²) in [5.74, 6) is 1.06. The molecule has 1 aromatic carbocycles. The van der Waals surface area contributed by atoms with Crippen LogP contribution in [0, 0.1) is 0 Å². The summed E-state index contributed by atoms with van der Waals surface area (Å²) in [4.78, 5) is 0. The first kappa shape index (κ1) is 15.1. The highest BCUT2D eigenvalue weighted by Crippen LogP contribution is 2.33. The second-order valence-corrected chi connectivity index (χ2v) is 7.68. The maximum Gasteiger partial charge on any atom is 0.122 e. The molecule has 1 aliphatic heterocycles. The Labute approximate surface area is 138 Å². The maximum atomic E-state index is 5.72. The zero-order valence-corrected chi connectivity index (χ0v) is 14.6. The molecule has 0 saturated heterocycles. The summed E-state index contributed by atoms with van der Waals surface area (Å²) >= 11 is 5.31. The molecule has 2 aromatic rings. The Morgan fingerprint density at radius 3 is 3.00 bits per heavy atom. The highest BCUT2D eigenvalue weighted by molar-refractivity contribution is 9.11. The molecular formula is C17H20BrNOS. The van der Waals surface area contributed by atoms with E-state index in [-0.39, 0.29) is 6.04 Å². The number of nitrogens with one attached hydrogen (secondary N) is 1. The minimum absolute atomic E-state index is 0.264. The Morgan fingerprint density at radius 2 is 2.24 bits per heavy atom. The minimum atomic E-state index is 0.264. The van der Waals surface area contributed by atoms with E-state index in [1.165, 1.54) is 20.5 Å². The Bertz CT molecular complexity index is 611. The molecule has 3 rings (SSSR count). The van der Waals surface area contributed by atoms with Crippen molar-refractivity contribution in [2.24, 2.45) is 0 Å². The van der Waals surface area contributed by atoms with E-state index in [0.717, 1.165) is 38.2 Å². The Hall–Kier alpha value is -0.840. The third-order valence-electron chi connectivity index (χ3n) is 3.79. The van der Waals surface area contributed by atoms with E-state index in [2.05, 4.69) is 57.8 Å². The van der Waals surface area contributed by atoms with Gasteiger partial charge in [-0.05, 0) is 75.9 Å². The van der Waals surface area contributed by atoms with Crippen LogP contribution in [0.4, 0.5) is 0 Å². The van der Waals surface area contributed by atoms with E-state index in [1.54, 1.807) is 11.3 Å². The molecule has 112 valence electrons. The normalized spacial score (nSPS) is 15.3. The van der Waals surface area contributed by atoms with E-state index in [1.807, 2.05) is 0 Å². The topological polar surface area (TPSA) is 21.3 Å². The van der Waals surface area contributed by atoms with Crippen LogP contribution in [-0.2, 0) is 6.42 Å². The molecule has 0 aliphatic carbocycles. The molecule has 0 saturated carbocycles. The number of halogens is 1. The molecule has 1 aliphatic rings. The predicted octanol–water partition coefficient (Wildman–Crippen LogP) is 4.92. The molecule has 4 heteroatoms. The van der Waals surface area contributed by atoms with E-state index >= 15 is 0 Å². The van der Waals surface area contributed by atoms with Gasteiger partial charge in [-0.15, -0.1) is 11.3 Å². The van der Waals surface area contributed by atoms with Crippen molar-refractivity contribution in [1.82, 2.24) is 5.32 Å². The number of hydrogen-bond donors (Lipinski definition) is 1. The zero-order chi connectivity index (χ0) is 14.7. The molecule has 1 unspecified atom stereocenters. The molecule has 2 nitrogen and oxygen atoms in total. The fraction of sp³-hybridized carbons (Fsp3) is 0.412. The summed E-state index contributed by atoms with van der Waals surface area (Å²) in [6.07, 6.45) is 3.38. The number of hydrogen-bond acceptors (Lipinski definition) is 3. The van der Waals surface area contributed by atoms with E-state index in [9.17, 15) is 0 Å². The molecule has 2 heterocycles. The summed E-state index contributed by atoms with van der Waals surface area (Å²) in [5, 5.41) is 5.90. The number of benzene rings is 1. The summed E-state index contributed by atoms with van der Waals surface area (Å²) in [6, 6.07) is 9.12. The van der Waals surface area contributed by atoms with Crippen molar-refractivity contribution in [1.29, 1.82) is 0 Å². The quantitative estimate of drug-likeness (QED) is 0.811. The molecule has 0 bridgehead atoms. The van der Waals surface area contributed by atoms with Crippen molar-refractivity contribution >= 4 is 27.3 Å². The van der Waals surface area contributed by atoms with Gasteiger partial charge in [0, 0.05) is 0 Å². The van der Waals surface area contributed by atoms with Gasteiger partial charge in [-0.2, -0.15) is 0 Å². The fourth-order valence-corrected chi connectivity index (χ4v) is 3.95. The average molecular weight is 366 g/mol. The summed E-state index contributed by atoms with van der Waals surface area (Å²) in [5.41, 5.74) is 4.01. The van der Waals surface area contributed by atoms with Crippen molar-refractivity contribution in [2.75, 3.05) is 13.2 Å². The lowest BCUT2D eigenvalue weighted by Crippen LogP contribution is -2.23. The second-order valence-electron chi connectivity index (χ2n) is 5.39. The van der Waals surface area contributed by atoms with Crippen LogP contribution in [-0.4, -0.2) is 13.2 Å². The van der Waals surface area contributed by atoms with Gasteiger partial charge in [0.25, 0.3) is 0 Å². The standard InChI is InChI=1S/C17H20BrNOS/c1-2-7-19-17(14-10-16(18)21-11-14)13-5-6-15-12(9-13)4-3-8-20-15/h5-6,9-11,17,19H,2-4,7-8H2,1H3. The molecular weight excluding hydrogens is 346 g/mol. The van der Waals surface area contributed by atoms with Gasteiger partial charge < -0.3 is 10.1 Å². The number of fused-ring (bicyclic) bond motifs is 1. The molecule has 0 radical (unpaired) electrons. The average Bonchev–Trinajstić information content (AvgIpc) is 2.94. The molecule has 0 amide bonds. The number of aryl methyl sites for hydroxylation is 1. The van der Waals surface area contributed by atoms with Crippen LogP contribution in [0.3, 0.4) is 0 Å². The predicted molar refractivity (Wildman–Crippen MR) is 92.4 cm³/mol. The Kier molecular flexibility index (Phi) is 4.99. The molecule has 21 heavy (non-hydrogen) atoms. The molecule has 1 atom stereocenters. The van der Waals surface area contributed by atoms with Gasteiger partial charge in [-0.1, -0.05) is 19.1 Å². The highest BCUT2D eigenvalue weighted by atomic mass is 79.9. The van der Waals surface area contributed by atoms with Crippen molar-refractivity contribution in [3.63, 3.8) is 0 Å². The smallest absolute Gasteiger partial charge is 0.122 e. The first-order valence-corrected chi connectivity index (χ1v) is 9.18. The van der Waals surface area contributed by atoms with Crippen LogP contribution in [0.25, 0.3) is 0 Å². The largest absolute Gasteiger partial charge is 0.493 e. The third kappa shape index (κ3) is 3.50. The Balaban J connectivity index is 1.92. The lowest BCUT2D eigenvalue weighted by molar-refractivity contribution is 0.288. The van der Waals surface area contributed by atoms with Crippen molar-refractivity contribution in [2.45, 2.75) is 32.2 Å². The number of rotatable bonds is 5. The van der Waals surface area contributed by atoms with Gasteiger partial charge in [-0.25, -0.2) is 0 Å². The Morgan fingerprint density at radius 1 is 1.33 bits per heavy atom. The van der Waals surface area contributed by atoms with Crippen LogP contribution < -0.4 is 10.1 Å². The van der Waals surface area contributed by atoms with Crippen molar-refractivity contribution < 1.29 is 4.74 Å². The van der Waals surface area contributed by atoms with Crippen LogP contribution in [0.2, 0.25) is 0 Å². The number of thiophene rings is 1. The fourth-order valence-electron chi connectivity index (χ4n) is 2.75. The monoisotopic (exact) mass is 365 g/mol. The molecule has 1 N–H and O–H groups in total. The van der Waals surface area contributed by atoms with Crippen LogP contribution in [0.15, 0.2) is 33.4 Å². The maximum absolute atomic E-state index is 5.72. The second kappa shape index (κ2) is 6.95. The molecule has 1 aromatic heterocycles. The minimum Gasteiger partial charge on any atom is -0.493 e. The van der Waals surface area contributed by atoms with E-state index in [4.69, 9.17) is 4.74 Å². The highest BCUT2D eigenvalue weighted by Gasteiger charge is 2.18. The lowest BCUT2D eigenvalue weighted by atomic mass is 9.96. The van der Waals surface area contributed by atoms with Crippen molar-refractivity contribution in [3.8, 4) is 5.75 Å². The summed E-state index contributed by atoms with van der Waals surface area (Å²) in [7, 11) is 0. The first-order valence-electron chi connectivity index (χ1n) is 7.51. The van der Waals surface area contributed by atoms with Gasteiger partial charge in [0.15, 0.2) is 0 Å².